The summed E-state index contributed by atoms with van der Waals surface area (Å²) in [5, 5.41) is 4.76. The molecular formula is C46H32N4. The van der Waals surface area contributed by atoms with Gasteiger partial charge in [0.1, 0.15) is 0 Å². The van der Waals surface area contributed by atoms with Gasteiger partial charge in [0, 0.05) is 57.7 Å². The van der Waals surface area contributed by atoms with Crippen molar-refractivity contribution in [1.29, 1.82) is 0 Å². The number of rotatable bonds is 5. The van der Waals surface area contributed by atoms with Crippen molar-refractivity contribution in [3.05, 3.63) is 176 Å². The fraction of sp³-hybridized carbons (Fsp3) is 0.0435. The van der Waals surface area contributed by atoms with E-state index in [1.165, 1.54) is 66.1 Å². The lowest BCUT2D eigenvalue weighted by Crippen LogP contribution is -1.95. The maximum Gasteiger partial charge on any atom is 0.0571 e. The van der Waals surface area contributed by atoms with Crippen LogP contribution in [0.25, 0.3) is 82.8 Å². The molecule has 10 rings (SSSR count). The van der Waals surface area contributed by atoms with Crippen LogP contribution in [0, 0.1) is 0 Å². The van der Waals surface area contributed by atoms with E-state index >= 15 is 0 Å². The van der Waals surface area contributed by atoms with Gasteiger partial charge < -0.3 is 9.13 Å². The van der Waals surface area contributed by atoms with E-state index in [1.807, 2.05) is 24.8 Å². The Morgan fingerprint density at radius 1 is 0.440 bits per heavy atom. The minimum absolute atomic E-state index is 1.08. The van der Waals surface area contributed by atoms with E-state index in [9.17, 15) is 0 Å². The Morgan fingerprint density at radius 2 is 0.940 bits per heavy atom. The lowest BCUT2D eigenvalue weighted by atomic mass is 9.96. The summed E-state index contributed by atoms with van der Waals surface area (Å²) in [6.45, 7) is 0. The molecule has 4 nitrogen and oxygen atoms in total. The SMILES string of the molecule is C1=CCCC(c2ccc3c(c2)c2cnccc2n3-c2ccc(-c3ccc(-n4c5ccncc5c5cc(-c6ccccc6)ccc54)cc3)cc2)=C1. The van der Waals surface area contributed by atoms with Gasteiger partial charge in [-0.2, -0.15) is 0 Å². The smallest absolute Gasteiger partial charge is 0.0571 e. The number of nitrogens with zero attached hydrogens (tertiary/aromatic N) is 4. The van der Waals surface area contributed by atoms with Crippen LogP contribution < -0.4 is 0 Å². The minimum atomic E-state index is 1.08. The van der Waals surface area contributed by atoms with Crippen LogP contribution in [0.3, 0.4) is 0 Å². The lowest BCUT2D eigenvalue weighted by Gasteiger charge is -2.12. The number of fused-ring (bicyclic) bond motifs is 6. The van der Waals surface area contributed by atoms with E-state index < -0.39 is 0 Å². The summed E-state index contributed by atoms with van der Waals surface area (Å²) in [4.78, 5) is 8.98. The van der Waals surface area contributed by atoms with Gasteiger partial charge in [0.2, 0.25) is 0 Å². The zero-order valence-corrected chi connectivity index (χ0v) is 27.4. The van der Waals surface area contributed by atoms with Crippen molar-refractivity contribution < 1.29 is 0 Å². The number of benzene rings is 5. The molecule has 0 N–H and O–H groups in total. The number of aromatic nitrogens is 4. The third-order valence-electron chi connectivity index (χ3n) is 10.2. The predicted octanol–water partition coefficient (Wildman–Crippen LogP) is 11.7. The maximum absolute atomic E-state index is 4.50. The Labute approximate surface area is 289 Å². The van der Waals surface area contributed by atoms with Gasteiger partial charge in [-0.25, -0.2) is 0 Å². The largest absolute Gasteiger partial charge is 0.309 e. The van der Waals surface area contributed by atoms with Crippen LogP contribution in [0.5, 0.6) is 0 Å². The van der Waals surface area contributed by atoms with Crippen molar-refractivity contribution in [2.24, 2.45) is 0 Å². The fourth-order valence-electron chi connectivity index (χ4n) is 7.75. The molecule has 0 unspecified atom stereocenters. The highest BCUT2D eigenvalue weighted by Gasteiger charge is 2.16. The highest BCUT2D eigenvalue weighted by atomic mass is 15.0. The summed E-state index contributed by atoms with van der Waals surface area (Å²) < 4.78 is 4.70. The zero-order chi connectivity index (χ0) is 33.0. The van der Waals surface area contributed by atoms with E-state index in [0.29, 0.717) is 0 Å². The summed E-state index contributed by atoms with van der Waals surface area (Å²) in [7, 11) is 0. The van der Waals surface area contributed by atoms with Gasteiger partial charge >= 0.3 is 0 Å². The minimum Gasteiger partial charge on any atom is -0.309 e. The second-order valence-electron chi connectivity index (χ2n) is 13.0. The molecule has 4 heteroatoms. The molecule has 1 aliphatic rings. The van der Waals surface area contributed by atoms with Gasteiger partial charge in [-0.05, 0) is 107 Å². The highest BCUT2D eigenvalue weighted by Crippen LogP contribution is 2.37. The number of allylic oxidation sites excluding steroid dienone is 4. The predicted molar refractivity (Wildman–Crippen MR) is 208 cm³/mol. The first kappa shape index (κ1) is 28.5. The second kappa shape index (κ2) is 11.6. The van der Waals surface area contributed by atoms with Gasteiger partial charge in [-0.1, -0.05) is 85.0 Å². The topological polar surface area (TPSA) is 35.6 Å². The summed E-state index contributed by atoms with van der Waals surface area (Å²) in [5.41, 5.74) is 14.4. The van der Waals surface area contributed by atoms with Gasteiger partial charge in [0.25, 0.3) is 0 Å². The summed E-state index contributed by atoms with van der Waals surface area (Å²) in [6, 6.07) is 46.2. The van der Waals surface area contributed by atoms with Gasteiger partial charge in [-0.3, -0.25) is 9.97 Å². The standard InChI is InChI=1S/C46H32N4/c1-3-7-31(8-4-1)35-15-21-43-39(27-35)41-29-47-25-23-45(41)49(43)37-17-11-33(12-18-37)34-13-19-38(20-14-34)50-44-22-16-36(32-9-5-2-6-10-32)28-40(44)42-30-48-26-24-46(42)50/h1-5,7-9,11-30H,6,10H2. The van der Waals surface area contributed by atoms with E-state index in [2.05, 4.69) is 165 Å². The number of hydrogen-bond acceptors (Lipinski definition) is 2. The monoisotopic (exact) mass is 640 g/mol. The maximum atomic E-state index is 4.50. The van der Waals surface area contributed by atoms with E-state index in [-0.39, 0.29) is 0 Å². The molecule has 0 fully saturated rings. The Bertz CT molecular complexity index is 2780. The molecule has 4 heterocycles. The van der Waals surface area contributed by atoms with E-state index in [4.69, 9.17) is 0 Å². The Balaban J connectivity index is 1.01. The molecule has 0 radical (unpaired) electrons. The van der Waals surface area contributed by atoms with Gasteiger partial charge in [0.15, 0.2) is 0 Å². The van der Waals surface area contributed by atoms with Crippen LogP contribution >= 0.6 is 0 Å². The van der Waals surface area contributed by atoms with E-state index in [0.717, 1.165) is 35.1 Å². The molecular weight excluding hydrogens is 609 g/mol. The van der Waals surface area contributed by atoms with Crippen LogP contribution in [0.1, 0.15) is 18.4 Å². The van der Waals surface area contributed by atoms with Crippen LogP contribution in [0.2, 0.25) is 0 Å². The first-order chi connectivity index (χ1) is 24.8. The van der Waals surface area contributed by atoms with Gasteiger partial charge in [-0.15, -0.1) is 0 Å². The molecule has 0 spiro atoms. The molecule has 1 aliphatic carbocycles. The molecule has 0 saturated heterocycles. The molecule has 50 heavy (non-hydrogen) atoms. The first-order valence-corrected chi connectivity index (χ1v) is 17.2. The van der Waals surface area contributed by atoms with E-state index in [1.54, 1.807) is 0 Å². The summed E-state index contributed by atoms with van der Waals surface area (Å²) in [5.74, 6) is 0. The summed E-state index contributed by atoms with van der Waals surface area (Å²) in [6.07, 6.45) is 16.6. The summed E-state index contributed by atoms with van der Waals surface area (Å²) >= 11 is 0. The van der Waals surface area contributed by atoms with Crippen LogP contribution in [0.4, 0.5) is 0 Å². The molecule has 0 atom stereocenters. The Hall–Kier alpha value is -6.52. The molecule has 0 bridgehead atoms. The second-order valence-corrected chi connectivity index (χ2v) is 13.0. The quantitative estimate of drug-likeness (QED) is 0.188. The third kappa shape index (κ3) is 4.61. The normalized spacial score (nSPS) is 13.1. The van der Waals surface area contributed by atoms with Crippen molar-refractivity contribution in [3.63, 3.8) is 0 Å². The van der Waals surface area contributed by atoms with Crippen molar-refractivity contribution in [2.75, 3.05) is 0 Å². The molecule has 0 saturated carbocycles. The van der Waals surface area contributed by atoms with Crippen LogP contribution in [0.15, 0.2) is 170 Å². The molecule has 5 aromatic carbocycles. The molecule has 9 aromatic rings. The highest BCUT2D eigenvalue weighted by molar-refractivity contribution is 6.11. The molecule has 0 aliphatic heterocycles. The number of pyridine rings is 2. The molecule has 4 aromatic heterocycles. The van der Waals surface area contributed by atoms with Gasteiger partial charge in [0.05, 0.1) is 22.1 Å². The van der Waals surface area contributed by atoms with Crippen LogP contribution in [-0.2, 0) is 0 Å². The van der Waals surface area contributed by atoms with Crippen molar-refractivity contribution >= 4 is 49.2 Å². The third-order valence-corrected chi connectivity index (χ3v) is 10.2. The van der Waals surface area contributed by atoms with Crippen molar-refractivity contribution in [2.45, 2.75) is 12.8 Å². The Kier molecular flexibility index (Phi) is 6.59. The first-order valence-electron chi connectivity index (χ1n) is 17.2. The molecule has 236 valence electrons. The van der Waals surface area contributed by atoms with Crippen LogP contribution in [-0.4, -0.2) is 19.1 Å². The lowest BCUT2D eigenvalue weighted by molar-refractivity contribution is 1.05. The average molecular weight is 641 g/mol. The zero-order valence-electron chi connectivity index (χ0n) is 27.4. The van der Waals surface area contributed by atoms with Crippen molar-refractivity contribution in [3.8, 4) is 33.6 Å². The number of hydrogen-bond donors (Lipinski definition) is 0. The fourth-order valence-corrected chi connectivity index (χ4v) is 7.75. The molecule has 0 amide bonds. The average Bonchev–Trinajstić information content (AvgIpc) is 3.71. The Morgan fingerprint density at radius 3 is 1.50 bits per heavy atom. The van der Waals surface area contributed by atoms with Crippen molar-refractivity contribution in [1.82, 2.24) is 19.1 Å².